The number of aliphatic hydroxyl groups is 1. The van der Waals surface area contributed by atoms with E-state index < -0.39 is 10.0 Å². The van der Waals surface area contributed by atoms with Crippen molar-refractivity contribution < 1.29 is 27.7 Å². The molecule has 0 aliphatic carbocycles. The van der Waals surface area contributed by atoms with Gasteiger partial charge in [0, 0.05) is 26.3 Å². The van der Waals surface area contributed by atoms with Gasteiger partial charge in [0.2, 0.25) is 10.0 Å². The van der Waals surface area contributed by atoms with E-state index in [1.54, 1.807) is 0 Å². The van der Waals surface area contributed by atoms with Gasteiger partial charge in [0.1, 0.15) is 0 Å². The van der Waals surface area contributed by atoms with Gasteiger partial charge < -0.3 is 19.3 Å². The molecule has 1 aromatic rings. The maximum atomic E-state index is 12.6. The summed E-state index contributed by atoms with van der Waals surface area (Å²) in [6, 6.07) is 4.36. The zero-order valence-electron chi connectivity index (χ0n) is 12.4. The molecule has 1 rings (SSSR count). The minimum absolute atomic E-state index is 0.0000377. The van der Waals surface area contributed by atoms with Gasteiger partial charge >= 0.3 is 0 Å². The predicted molar refractivity (Wildman–Crippen MR) is 77.3 cm³/mol. The smallest absolute Gasteiger partial charge is 0.243 e. The van der Waals surface area contributed by atoms with E-state index in [1.807, 2.05) is 0 Å². The third-order valence-corrected chi connectivity index (χ3v) is 4.78. The quantitative estimate of drug-likeness (QED) is 0.706. The summed E-state index contributed by atoms with van der Waals surface area (Å²) >= 11 is 0. The van der Waals surface area contributed by atoms with Crippen LogP contribution in [0.4, 0.5) is 0 Å². The van der Waals surface area contributed by atoms with Gasteiger partial charge in [0.15, 0.2) is 11.5 Å². The summed E-state index contributed by atoms with van der Waals surface area (Å²) in [5.41, 5.74) is 0. The van der Waals surface area contributed by atoms with E-state index in [9.17, 15) is 8.42 Å². The number of hydrogen-bond acceptors (Lipinski definition) is 6. The summed E-state index contributed by atoms with van der Waals surface area (Å²) in [7, 11) is 0.661. The maximum Gasteiger partial charge on any atom is 0.243 e. The van der Waals surface area contributed by atoms with E-state index >= 15 is 0 Å². The van der Waals surface area contributed by atoms with Crippen LogP contribution in [0.15, 0.2) is 23.1 Å². The molecule has 0 bridgehead atoms. The molecule has 0 fully saturated rings. The highest BCUT2D eigenvalue weighted by atomic mass is 32.2. The first-order chi connectivity index (χ1) is 10.0. The number of rotatable bonds is 9. The van der Waals surface area contributed by atoms with Crippen molar-refractivity contribution in [2.75, 3.05) is 47.6 Å². The van der Waals surface area contributed by atoms with E-state index in [4.69, 9.17) is 19.3 Å². The second-order valence-electron chi connectivity index (χ2n) is 4.14. The Balaban J connectivity index is 3.14. The van der Waals surface area contributed by atoms with Crippen molar-refractivity contribution in [3.05, 3.63) is 18.2 Å². The second kappa shape index (κ2) is 8.18. The molecule has 0 radical (unpaired) electrons. The fraction of sp³-hybridized carbons (Fsp3) is 0.538. The summed E-state index contributed by atoms with van der Waals surface area (Å²) in [6.07, 6.45) is 0. The average Bonchev–Trinajstić information content (AvgIpc) is 2.50. The van der Waals surface area contributed by atoms with Crippen LogP contribution in [0.2, 0.25) is 0 Å². The van der Waals surface area contributed by atoms with Crippen molar-refractivity contribution in [2.24, 2.45) is 0 Å². The Kier molecular flexibility index (Phi) is 6.90. The Morgan fingerprint density at radius 2 is 1.76 bits per heavy atom. The lowest BCUT2D eigenvalue weighted by Crippen LogP contribution is -2.36. The van der Waals surface area contributed by atoms with E-state index in [-0.39, 0.29) is 31.2 Å². The van der Waals surface area contributed by atoms with Crippen LogP contribution in [-0.4, -0.2) is 65.5 Å². The van der Waals surface area contributed by atoms with E-state index in [0.29, 0.717) is 11.5 Å². The fourth-order valence-corrected chi connectivity index (χ4v) is 3.21. The molecule has 1 aromatic carbocycles. The Hall–Kier alpha value is -1.35. The van der Waals surface area contributed by atoms with Crippen LogP contribution in [0.1, 0.15) is 0 Å². The molecule has 0 aliphatic rings. The molecule has 1 N–H and O–H groups in total. The van der Waals surface area contributed by atoms with Gasteiger partial charge in [0.05, 0.1) is 32.3 Å². The first kappa shape index (κ1) is 17.7. The Morgan fingerprint density at radius 3 is 2.29 bits per heavy atom. The number of sulfonamides is 1. The van der Waals surface area contributed by atoms with E-state index in [1.165, 1.54) is 39.5 Å². The van der Waals surface area contributed by atoms with Crippen molar-refractivity contribution >= 4 is 10.0 Å². The summed E-state index contributed by atoms with van der Waals surface area (Å²) < 4.78 is 41.4. The molecule has 120 valence electrons. The molecule has 0 saturated carbocycles. The minimum Gasteiger partial charge on any atom is -0.493 e. The molecule has 0 heterocycles. The van der Waals surface area contributed by atoms with Crippen LogP contribution in [0.3, 0.4) is 0 Å². The molecule has 0 unspecified atom stereocenters. The normalized spacial score (nSPS) is 11.7. The Morgan fingerprint density at radius 1 is 1.10 bits per heavy atom. The average molecular weight is 319 g/mol. The van der Waals surface area contributed by atoms with Crippen LogP contribution in [0, 0.1) is 0 Å². The molecule has 8 heteroatoms. The van der Waals surface area contributed by atoms with E-state index in [0.717, 1.165) is 4.31 Å². The van der Waals surface area contributed by atoms with E-state index in [2.05, 4.69) is 0 Å². The number of aliphatic hydroxyl groups excluding tert-OH is 1. The third kappa shape index (κ3) is 4.31. The Bertz CT molecular complexity index is 546. The van der Waals surface area contributed by atoms with Gasteiger partial charge in [-0.15, -0.1) is 0 Å². The molecular formula is C13H21NO6S. The maximum absolute atomic E-state index is 12.6. The van der Waals surface area contributed by atoms with Crippen molar-refractivity contribution in [3.63, 3.8) is 0 Å². The largest absolute Gasteiger partial charge is 0.493 e. The number of benzene rings is 1. The first-order valence-electron chi connectivity index (χ1n) is 6.33. The highest BCUT2D eigenvalue weighted by Gasteiger charge is 2.25. The summed E-state index contributed by atoms with van der Waals surface area (Å²) in [5, 5.41) is 9.04. The monoisotopic (exact) mass is 319 g/mol. The lowest BCUT2D eigenvalue weighted by atomic mass is 10.3. The number of methoxy groups -OCH3 is 3. The fourth-order valence-electron chi connectivity index (χ4n) is 1.78. The first-order valence-corrected chi connectivity index (χ1v) is 7.77. The van der Waals surface area contributed by atoms with Crippen LogP contribution >= 0.6 is 0 Å². The van der Waals surface area contributed by atoms with Gasteiger partial charge in [-0.25, -0.2) is 8.42 Å². The topological polar surface area (TPSA) is 85.3 Å². The molecule has 0 aromatic heterocycles. The minimum atomic E-state index is -3.74. The molecule has 0 atom stereocenters. The van der Waals surface area contributed by atoms with Crippen LogP contribution in [-0.2, 0) is 14.8 Å². The van der Waals surface area contributed by atoms with Crippen molar-refractivity contribution in [3.8, 4) is 11.5 Å². The van der Waals surface area contributed by atoms with Crippen molar-refractivity contribution in [1.82, 2.24) is 4.31 Å². The number of ether oxygens (including phenoxy) is 3. The zero-order valence-corrected chi connectivity index (χ0v) is 13.2. The molecule has 0 aliphatic heterocycles. The van der Waals surface area contributed by atoms with Gasteiger partial charge in [-0.2, -0.15) is 4.31 Å². The van der Waals surface area contributed by atoms with Crippen molar-refractivity contribution in [2.45, 2.75) is 4.90 Å². The van der Waals surface area contributed by atoms with Gasteiger partial charge in [-0.05, 0) is 12.1 Å². The third-order valence-electron chi connectivity index (χ3n) is 2.89. The highest BCUT2D eigenvalue weighted by molar-refractivity contribution is 7.89. The van der Waals surface area contributed by atoms with Crippen LogP contribution in [0.25, 0.3) is 0 Å². The van der Waals surface area contributed by atoms with Crippen LogP contribution in [0.5, 0.6) is 11.5 Å². The predicted octanol–water partition coefficient (Wildman–Crippen LogP) is 0.333. The molecule has 21 heavy (non-hydrogen) atoms. The second-order valence-corrected chi connectivity index (χ2v) is 6.08. The summed E-state index contributed by atoms with van der Waals surface area (Å²) in [4.78, 5) is 0.0738. The standard InChI is InChI=1S/C13H21NO6S/c1-18-9-7-14(6-8-15)21(16,17)11-4-5-12(19-2)13(10-11)20-3/h4-5,10,15H,6-9H2,1-3H3. The van der Waals surface area contributed by atoms with Gasteiger partial charge in [0.25, 0.3) is 0 Å². The Labute approximate surface area is 125 Å². The van der Waals surface area contributed by atoms with Gasteiger partial charge in [-0.1, -0.05) is 0 Å². The molecule has 7 nitrogen and oxygen atoms in total. The SMILES string of the molecule is COCCN(CCO)S(=O)(=O)c1ccc(OC)c(OC)c1. The molecular weight excluding hydrogens is 298 g/mol. The highest BCUT2D eigenvalue weighted by Crippen LogP contribution is 2.30. The summed E-state index contributed by atoms with van der Waals surface area (Å²) in [5.74, 6) is 0.774. The zero-order chi connectivity index (χ0) is 15.9. The number of hydrogen-bond donors (Lipinski definition) is 1. The lowest BCUT2D eigenvalue weighted by Gasteiger charge is -2.21. The lowest BCUT2D eigenvalue weighted by molar-refractivity contribution is 0.168. The number of nitrogens with zero attached hydrogens (tertiary/aromatic N) is 1. The summed E-state index contributed by atoms with van der Waals surface area (Å²) in [6.45, 7) is 0.135. The van der Waals surface area contributed by atoms with Gasteiger partial charge in [-0.3, -0.25) is 0 Å². The molecule has 0 saturated heterocycles. The molecule has 0 spiro atoms. The van der Waals surface area contributed by atoms with Crippen molar-refractivity contribution in [1.29, 1.82) is 0 Å². The molecule has 0 amide bonds. The van der Waals surface area contributed by atoms with Crippen LogP contribution < -0.4 is 9.47 Å².